The third-order valence-electron chi connectivity index (χ3n) is 9.90. The number of ether oxygens (including phenoxy) is 1. The van der Waals surface area contributed by atoms with Crippen molar-refractivity contribution in [2.75, 3.05) is 49.3 Å². The van der Waals surface area contributed by atoms with E-state index in [4.69, 9.17) is 21.1 Å². The second-order valence-electron chi connectivity index (χ2n) is 13.0. The van der Waals surface area contributed by atoms with Gasteiger partial charge >= 0.3 is 0 Å². The summed E-state index contributed by atoms with van der Waals surface area (Å²) >= 11 is 0. The van der Waals surface area contributed by atoms with Crippen LogP contribution in [0.4, 0.5) is 11.6 Å². The van der Waals surface area contributed by atoms with E-state index in [2.05, 4.69) is 69.4 Å². The van der Waals surface area contributed by atoms with Gasteiger partial charge in [-0.2, -0.15) is 0 Å². The molecule has 2 fully saturated rings. The molecule has 5 rings (SSSR count). The van der Waals surface area contributed by atoms with Gasteiger partial charge in [0.25, 0.3) is 0 Å². The standard InChI is InChI=1S/C32H45N11O/c1-6-31(2,3)32(4,5)26(25-19-35-12-11-28(25)44-24-8-9-24)20-43(34)30-17-27(37-21-38-30)23-7-10-29(36-18-23)42-15-13-41(14-16-42)22-39-40-33/h7,10-12,17-19,21,24,26H,6,8-9,13-16,20,22,34H2,1-5H3. The molecule has 0 aromatic carbocycles. The lowest BCUT2D eigenvalue weighted by Crippen LogP contribution is -2.46. The highest BCUT2D eigenvalue weighted by molar-refractivity contribution is 5.63. The van der Waals surface area contributed by atoms with E-state index in [1.165, 1.54) is 0 Å². The van der Waals surface area contributed by atoms with Crippen molar-refractivity contribution in [3.8, 4) is 17.0 Å². The van der Waals surface area contributed by atoms with Crippen molar-refractivity contribution in [3.63, 3.8) is 0 Å². The molecule has 3 aromatic rings. The maximum Gasteiger partial charge on any atom is 0.146 e. The summed E-state index contributed by atoms with van der Waals surface area (Å²) in [5.74, 6) is 9.29. The van der Waals surface area contributed by atoms with E-state index in [-0.39, 0.29) is 22.9 Å². The van der Waals surface area contributed by atoms with Crippen LogP contribution in [0.15, 0.2) is 54.3 Å². The fourth-order valence-electron chi connectivity index (χ4n) is 5.68. The second-order valence-corrected chi connectivity index (χ2v) is 13.0. The highest BCUT2D eigenvalue weighted by atomic mass is 16.5. The minimum Gasteiger partial charge on any atom is -0.490 e. The van der Waals surface area contributed by atoms with Crippen LogP contribution < -0.4 is 20.5 Å². The van der Waals surface area contributed by atoms with Crippen LogP contribution >= 0.6 is 0 Å². The zero-order valence-corrected chi connectivity index (χ0v) is 26.6. The van der Waals surface area contributed by atoms with Gasteiger partial charge in [0, 0.05) is 79.3 Å². The molecule has 4 heterocycles. The van der Waals surface area contributed by atoms with E-state index >= 15 is 0 Å². The van der Waals surface area contributed by atoms with Crippen LogP contribution in [-0.2, 0) is 0 Å². The summed E-state index contributed by atoms with van der Waals surface area (Å²) in [5, 5.41) is 5.40. The number of hydrazine groups is 1. The summed E-state index contributed by atoms with van der Waals surface area (Å²) in [6.45, 7) is 15.8. The molecule has 1 aliphatic heterocycles. The Kier molecular flexibility index (Phi) is 9.53. The predicted octanol–water partition coefficient (Wildman–Crippen LogP) is 5.79. The Bertz CT molecular complexity index is 1440. The fourth-order valence-corrected chi connectivity index (χ4v) is 5.68. The smallest absolute Gasteiger partial charge is 0.146 e. The molecule has 2 aliphatic rings. The molecule has 12 heteroatoms. The van der Waals surface area contributed by atoms with E-state index in [1.54, 1.807) is 17.5 Å². The van der Waals surface area contributed by atoms with Gasteiger partial charge in [-0.1, -0.05) is 46.2 Å². The van der Waals surface area contributed by atoms with Crippen LogP contribution in [0.5, 0.6) is 5.75 Å². The molecule has 1 saturated heterocycles. The monoisotopic (exact) mass is 599 g/mol. The van der Waals surface area contributed by atoms with E-state index in [0.717, 1.165) is 73.8 Å². The maximum atomic E-state index is 8.57. The fraction of sp³-hybridized carbons (Fsp3) is 0.562. The molecule has 12 nitrogen and oxygen atoms in total. The lowest BCUT2D eigenvalue weighted by Gasteiger charge is -2.48. The van der Waals surface area contributed by atoms with Crippen molar-refractivity contribution in [1.29, 1.82) is 0 Å². The van der Waals surface area contributed by atoms with Gasteiger partial charge in [0.05, 0.1) is 18.5 Å². The van der Waals surface area contributed by atoms with Gasteiger partial charge < -0.3 is 9.64 Å². The molecule has 1 unspecified atom stereocenters. The first-order chi connectivity index (χ1) is 21.1. The van der Waals surface area contributed by atoms with Gasteiger partial charge in [-0.3, -0.25) is 14.9 Å². The van der Waals surface area contributed by atoms with Gasteiger partial charge in [-0.05, 0) is 47.4 Å². The van der Waals surface area contributed by atoms with Crippen LogP contribution in [0, 0.1) is 10.8 Å². The van der Waals surface area contributed by atoms with Gasteiger partial charge in [-0.25, -0.2) is 20.8 Å². The molecule has 0 amide bonds. The molecule has 1 atom stereocenters. The number of nitrogens with two attached hydrogens (primary N) is 1. The van der Waals surface area contributed by atoms with Crippen LogP contribution in [-0.4, -0.2) is 70.3 Å². The summed E-state index contributed by atoms with van der Waals surface area (Å²) in [6, 6.07) is 7.97. The van der Waals surface area contributed by atoms with E-state index < -0.39 is 0 Å². The zero-order valence-electron chi connectivity index (χ0n) is 26.6. The molecule has 0 spiro atoms. The minimum atomic E-state index is -0.145. The topological polar surface area (TPSA) is 145 Å². The lowest BCUT2D eigenvalue weighted by atomic mass is 9.58. The normalized spacial score (nSPS) is 16.7. The van der Waals surface area contributed by atoms with Crippen molar-refractivity contribution >= 4 is 11.6 Å². The van der Waals surface area contributed by atoms with E-state index in [1.807, 2.05) is 36.7 Å². The van der Waals surface area contributed by atoms with Crippen molar-refractivity contribution in [3.05, 3.63) is 65.2 Å². The minimum absolute atomic E-state index is 0.0205. The first-order valence-corrected chi connectivity index (χ1v) is 15.5. The second kappa shape index (κ2) is 13.3. The third-order valence-corrected chi connectivity index (χ3v) is 9.90. The zero-order chi connectivity index (χ0) is 31.3. The van der Waals surface area contributed by atoms with Gasteiger partial charge in [0.15, 0.2) is 0 Å². The molecular weight excluding hydrogens is 554 g/mol. The molecule has 0 bridgehead atoms. The Labute approximate surface area is 260 Å². The number of hydrogen-bond donors (Lipinski definition) is 1. The van der Waals surface area contributed by atoms with Crippen LogP contribution in [0.3, 0.4) is 0 Å². The largest absolute Gasteiger partial charge is 0.490 e. The maximum absolute atomic E-state index is 8.57. The first kappa shape index (κ1) is 31.4. The molecular formula is C32H45N11O. The van der Waals surface area contributed by atoms with Gasteiger partial charge in [0.1, 0.15) is 23.7 Å². The van der Waals surface area contributed by atoms with Crippen LogP contribution in [0.2, 0.25) is 0 Å². The number of hydrogen-bond acceptors (Lipinski definition) is 10. The molecule has 0 radical (unpaired) electrons. The molecule has 3 aromatic heterocycles. The number of azide groups is 1. The molecule has 44 heavy (non-hydrogen) atoms. The van der Waals surface area contributed by atoms with Crippen LogP contribution in [0.25, 0.3) is 21.7 Å². The quantitative estimate of drug-likeness (QED) is 0.0848. The first-order valence-electron chi connectivity index (χ1n) is 15.5. The highest BCUT2D eigenvalue weighted by Gasteiger charge is 2.44. The van der Waals surface area contributed by atoms with E-state index in [0.29, 0.717) is 19.0 Å². The number of aromatic nitrogens is 4. The Morgan fingerprint density at radius 3 is 2.52 bits per heavy atom. The molecule has 234 valence electrons. The van der Waals surface area contributed by atoms with Crippen molar-refractivity contribution in [2.45, 2.75) is 65.9 Å². The van der Waals surface area contributed by atoms with E-state index in [9.17, 15) is 0 Å². The Hall–Kier alpha value is -3.99. The van der Waals surface area contributed by atoms with Gasteiger partial charge in [-0.15, -0.1) is 0 Å². The number of anilines is 2. The number of rotatable bonds is 13. The lowest BCUT2D eigenvalue weighted by molar-refractivity contribution is 0.0711. The summed E-state index contributed by atoms with van der Waals surface area (Å²) in [6.07, 6.45) is 10.6. The molecule has 1 saturated carbocycles. The number of piperazine rings is 1. The summed E-state index contributed by atoms with van der Waals surface area (Å²) in [5.41, 5.74) is 11.2. The Balaban J connectivity index is 1.35. The predicted molar refractivity (Wildman–Crippen MR) is 173 cm³/mol. The average molecular weight is 600 g/mol. The molecule has 2 N–H and O–H groups in total. The van der Waals surface area contributed by atoms with Crippen LogP contribution in [0.1, 0.15) is 65.4 Å². The third kappa shape index (κ3) is 7.04. The number of nitrogens with zero attached hydrogens (tertiary/aromatic N) is 10. The Morgan fingerprint density at radius 1 is 1.09 bits per heavy atom. The molecule has 1 aliphatic carbocycles. The summed E-state index contributed by atoms with van der Waals surface area (Å²) < 4.78 is 6.36. The van der Waals surface area contributed by atoms with Gasteiger partial charge in [0.2, 0.25) is 0 Å². The highest BCUT2D eigenvalue weighted by Crippen LogP contribution is 2.52. The number of pyridine rings is 2. The Morgan fingerprint density at radius 2 is 1.86 bits per heavy atom. The van der Waals surface area contributed by atoms with Crippen molar-refractivity contribution in [2.24, 2.45) is 21.8 Å². The summed E-state index contributed by atoms with van der Waals surface area (Å²) in [4.78, 5) is 25.6. The SMILES string of the molecule is CCC(C)(C)C(C)(C)C(CN(N)c1cc(-c2ccc(N3CCN(CN=[N+]=[N-])CC3)nc2)ncn1)c1cnccc1OC1CC1. The van der Waals surface area contributed by atoms with Crippen molar-refractivity contribution < 1.29 is 4.74 Å². The summed E-state index contributed by atoms with van der Waals surface area (Å²) in [7, 11) is 0. The average Bonchev–Trinajstić information content (AvgIpc) is 3.87. The van der Waals surface area contributed by atoms with Crippen molar-refractivity contribution in [1.82, 2.24) is 24.8 Å².